The molecule has 1 aromatic carbocycles. The van der Waals surface area contributed by atoms with Crippen LogP contribution in [0.15, 0.2) is 34.6 Å². The fraction of sp³-hybridized carbons (Fsp3) is 0.154. The van der Waals surface area contributed by atoms with Gasteiger partial charge in [-0.25, -0.2) is 4.68 Å². The Bertz CT molecular complexity index is 857. The number of hydrogen-bond acceptors (Lipinski definition) is 6. The van der Waals surface area contributed by atoms with Crippen LogP contribution in [0, 0.1) is 6.92 Å². The number of carbonyl (C=O) groups is 1. The van der Waals surface area contributed by atoms with E-state index in [0.29, 0.717) is 16.2 Å². The average molecular weight is 301 g/mol. The van der Waals surface area contributed by atoms with Gasteiger partial charge in [0.2, 0.25) is 11.0 Å². The van der Waals surface area contributed by atoms with Crippen molar-refractivity contribution < 1.29 is 4.79 Å². The minimum absolute atomic E-state index is 0.163. The lowest BCUT2D eigenvalue weighted by Crippen LogP contribution is -2.30. The molecule has 7 nitrogen and oxygen atoms in total. The Labute approximate surface area is 123 Å². The van der Waals surface area contributed by atoms with Gasteiger partial charge in [-0.1, -0.05) is 29.5 Å². The Morgan fingerprint density at radius 3 is 2.81 bits per heavy atom. The predicted molar refractivity (Wildman–Crippen MR) is 79.3 cm³/mol. The van der Waals surface area contributed by atoms with E-state index in [1.165, 1.54) is 16.8 Å². The zero-order chi connectivity index (χ0) is 14.8. The summed E-state index contributed by atoms with van der Waals surface area (Å²) < 4.78 is 1.16. The summed E-state index contributed by atoms with van der Waals surface area (Å²) in [5.41, 5.74) is 1.93. The highest BCUT2D eigenvalue weighted by molar-refractivity contribution is 7.13. The van der Waals surface area contributed by atoms with Crippen molar-refractivity contribution in [3.8, 4) is 0 Å². The molecule has 2 aromatic heterocycles. The van der Waals surface area contributed by atoms with Gasteiger partial charge >= 0.3 is 0 Å². The summed E-state index contributed by atoms with van der Waals surface area (Å²) in [5.74, 6) is -0.365. The number of hydrogen-bond donors (Lipinski definition) is 1. The van der Waals surface area contributed by atoms with Gasteiger partial charge in [0.05, 0.1) is 11.1 Å². The lowest BCUT2D eigenvalue weighted by molar-refractivity contribution is -0.117. The van der Waals surface area contributed by atoms with Crippen molar-refractivity contribution in [2.24, 2.45) is 0 Å². The van der Waals surface area contributed by atoms with Crippen molar-refractivity contribution in [3.63, 3.8) is 0 Å². The standard InChI is InChI=1S/C13H11N5O2S/c1-8-9-4-2-3-5-10(9)12(20)18(17-8)6-11(19)15-13-16-14-7-21-13/h2-5,7H,6H2,1H3,(H,15,16,19). The quantitative estimate of drug-likeness (QED) is 0.785. The van der Waals surface area contributed by atoms with Crippen molar-refractivity contribution in [3.05, 3.63) is 45.8 Å². The maximum atomic E-state index is 12.3. The molecule has 21 heavy (non-hydrogen) atoms. The van der Waals surface area contributed by atoms with E-state index >= 15 is 0 Å². The number of benzene rings is 1. The number of amides is 1. The van der Waals surface area contributed by atoms with Crippen molar-refractivity contribution in [2.45, 2.75) is 13.5 Å². The molecule has 0 unspecified atom stereocenters. The molecular weight excluding hydrogens is 290 g/mol. The number of nitrogens with zero attached hydrogens (tertiary/aromatic N) is 4. The molecule has 0 spiro atoms. The van der Waals surface area contributed by atoms with Gasteiger partial charge in [0.15, 0.2) is 0 Å². The SMILES string of the molecule is Cc1nn(CC(=O)Nc2nncs2)c(=O)c2ccccc12. The highest BCUT2D eigenvalue weighted by atomic mass is 32.1. The molecule has 3 aromatic rings. The molecule has 0 atom stereocenters. The highest BCUT2D eigenvalue weighted by Crippen LogP contribution is 2.12. The number of anilines is 1. The van der Waals surface area contributed by atoms with E-state index in [-0.39, 0.29) is 18.0 Å². The molecule has 0 radical (unpaired) electrons. The molecule has 0 saturated carbocycles. The predicted octanol–water partition coefficient (Wildman–Crippen LogP) is 1.20. The number of carbonyl (C=O) groups excluding carboxylic acids is 1. The van der Waals surface area contributed by atoms with E-state index in [4.69, 9.17) is 0 Å². The van der Waals surface area contributed by atoms with Gasteiger partial charge in [0, 0.05) is 5.39 Å². The molecule has 3 rings (SSSR count). The molecule has 0 aliphatic carbocycles. The van der Waals surface area contributed by atoms with Gasteiger partial charge in [-0.2, -0.15) is 5.10 Å². The second-order valence-corrected chi connectivity index (χ2v) is 5.22. The fourth-order valence-corrected chi connectivity index (χ4v) is 2.50. The monoisotopic (exact) mass is 301 g/mol. The topological polar surface area (TPSA) is 89.8 Å². The first-order valence-electron chi connectivity index (χ1n) is 6.17. The van der Waals surface area contributed by atoms with Gasteiger partial charge in [-0.15, -0.1) is 10.2 Å². The second-order valence-electron chi connectivity index (χ2n) is 4.39. The van der Waals surface area contributed by atoms with Gasteiger partial charge < -0.3 is 0 Å². The molecule has 2 heterocycles. The summed E-state index contributed by atoms with van der Waals surface area (Å²) in [5, 5.41) is 15.8. The molecule has 0 saturated heterocycles. The van der Waals surface area contributed by atoms with Crippen molar-refractivity contribution in [1.29, 1.82) is 0 Å². The lowest BCUT2D eigenvalue weighted by Gasteiger charge is -2.08. The Hall–Kier alpha value is -2.61. The van der Waals surface area contributed by atoms with Crippen LogP contribution in [0.4, 0.5) is 5.13 Å². The largest absolute Gasteiger partial charge is 0.299 e. The minimum Gasteiger partial charge on any atom is -0.299 e. The van der Waals surface area contributed by atoms with Crippen molar-refractivity contribution in [1.82, 2.24) is 20.0 Å². The van der Waals surface area contributed by atoms with E-state index in [2.05, 4.69) is 20.6 Å². The molecule has 1 amide bonds. The summed E-state index contributed by atoms with van der Waals surface area (Å²) in [4.78, 5) is 24.2. The summed E-state index contributed by atoms with van der Waals surface area (Å²) in [7, 11) is 0. The lowest BCUT2D eigenvalue weighted by atomic mass is 10.1. The first kappa shape index (κ1) is 13.4. The third-order valence-electron chi connectivity index (χ3n) is 2.95. The van der Waals surface area contributed by atoms with Crippen LogP contribution in [0.1, 0.15) is 5.69 Å². The van der Waals surface area contributed by atoms with Crippen LogP contribution >= 0.6 is 11.3 Å². The zero-order valence-corrected chi connectivity index (χ0v) is 11.9. The van der Waals surface area contributed by atoms with Gasteiger partial charge in [-0.3, -0.25) is 14.9 Å². The van der Waals surface area contributed by atoms with Crippen LogP contribution in [0.2, 0.25) is 0 Å². The highest BCUT2D eigenvalue weighted by Gasteiger charge is 2.11. The van der Waals surface area contributed by atoms with Crippen LogP contribution in [0.5, 0.6) is 0 Å². The van der Waals surface area contributed by atoms with Crippen LogP contribution in [-0.4, -0.2) is 25.9 Å². The minimum atomic E-state index is -0.365. The van der Waals surface area contributed by atoms with E-state index in [9.17, 15) is 9.59 Å². The van der Waals surface area contributed by atoms with Crippen molar-refractivity contribution >= 4 is 33.1 Å². The number of aromatic nitrogens is 4. The average Bonchev–Trinajstić information content (AvgIpc) is 2.97. The van der Waals surface area contributed by atoms with E-state index in [1.807, 2.05) is 12.1 Å². The van der Waals surface area contributed by atoms with Gasteiger partial charge in [0.1, 0.15) is 12.1 Å². The molecular formula is C13H11N5O2S. The number of nitrogens with one attached hydrogen (secondary N) is 1. The Balaban J connectivity index is 1.92. The number of aryl methyl sites for hydroxylation is 1. The normalized spacial score (nSPS) is 10.7. The Kier molecular flexibility index (Phi) is 3.44. The maximum Gasteiger partial charge on any atom is 0.275 e. The third kappa shape index (κ3) is 2.65. The summed E-state index contributed by atoms with van der Waals surface area (Å²) >= 11 is 1.21. The van der Waals surface area contributed by atoms with Crippen LogP contribution in [0.25, 0.3) is 10.8 Å². The Morgan fingerprint density at radius 2 is 2.10 bits per heavy atom. The van der Waals surface area contributed by atoms with Crippen molar-refractivity contribution in [2.75, 3.05) is 5.32 Å². The first-order chi connectivity index (χ1) is 10.1. The van der Waals surface area contributed by atoms with E-state index in [0.717, 1.165) is 10.1 Å². The van der Waals surface area contributed by atoms with Crippen LogP contribution in [-0.2, 0) is 11.3 Å². The molecule has 0 aliphatic rings. The number of fused-ring (bicyclic) bond motifs is 1. The first-order valence-corrected chi connectivity index (χ1v) is 7.05. The fourth-order valence-electron chi connectivity index (χ4n) is 2.03. The molecule has 0 aliphatic heterocycles. The Morgan fingerprint density at radius 1 is 1.33 bits per heavy atom. The maximum absolute atomic E-state index is 12.3. The van der Waals surface area contributed by atoms with E-state index in [1.54, 1.807) is 19.1 Å². The zero-order valence-electron chi connectivity index (χ0n) is 11.1. The van der Waals surface area contributed by atoms with Gasteiger partial charge in [-0.05, 0) is 13.0 Å². The number of rotatable bonds is 3. The summed E-state index contributed by atoms with van der Waals surface area (Å²) in [6, 6.07) is 7.20. The van der Waals surface area contributed by atoms with Crippen LogP contribution in [0.3, 0.4) is 0 Å². The molecule has 0 fully saturated rings. The molecule has 8 heteroatoms. The van der Waals surface area contributed by atoms with Gasteiger partial charge in [0.25, 0.3) is 5.56 Å². The molecule has 1 N–H and O–H groups in total. The molecule has 0 bridgehead atoms. The smallest absolute Gasteiger partial charge is 0.275 e. The summed E-state index contributed by atoms with van der Waals surface area (Å²) in [6.07, 6.45) is 0. The molecule has 106 valence electrons. The second kappa shape index (κ2) is 5.41. The third-order valence-corrected chi connectivity index (χ3v) is 3.56. The van der Waals surface area contributed by atoms with Crippen LogP contribution < -0.4 is 10.9 Å². The van der Waals surface area contributed by atoms with E-state index < -0.39 is 0 Å². The summed E-state index contributed by atoms with van der Waals surface area (Å²) in [6.45, 7) is 1.64.